The normalized spacial score (nSPS) is 10.5. The van der Waals surface area contributed by atoms with Crippen LogP contribution in [0.5, 0.6) is 0 Å². The second-order valence-corrected chi connectivity index (χ2v) is 5.08. The lowest BCUT2D eigenvalue weighted by Crippen LogP contribution is -1.89. The van der Waals surface area contributed by atoms with Crippen molar-refractivity contribution in [2.45, 2.75) is 0 Å². The van der Waals surface area contributed by atoms with Crippen LogP contribution in [0.4, 0.5) is 11.4 Å². The van der Waals surface area contributed by atoms with E-state index < -0.39 is 9.85 Å². The molecule has 0 aliphatic rings. The topological polar surface area (TPSA) is 112 Å². The Bertz CT molecular complexity index is 844. The van der Waals surface area contributed by atoms with Crippen molar-refractivity contribution in [2.75, 3.05) is 0 Å². The van der Waals surface area contributed by atoms with Gasteiger partial charge in [-0.25, -0.2) is 0 Å². The quantitative estimate of drug-likeness (QED) is 0.509. The molecule has 3 rings (SSSR count). The zero-order valence-corrected chi connectivity index (χ0v) is 12.6. The van der Waals surface area contributed by atoms with E-state index in [2.05, 4.69) is 4.98 Å². The van der Waals surface area contributed by atoms with Crippen molar-refractivity contribution >= 4 is 23.0 Å². The molecule has 0 aliphatic carbocycles. The molecule has 0 N–H and O–H groups in total. The van der Waals surface area contributed by atoms with E-state index in [-0.39, 0.29) is 16.7 Å². The van der Waals surface area contributed by atoms with Gasteiger partial charge in [0.15, 0.2) is 5.76 Å². The lowest BCUT2D eigenvalue weighted by molar-refractivity contribution is -0.385. The smallest absolute Gasteiger partial charge is 0.293 e. The number of hydrogen-bond donors (Lipinski definition) is 0. The molecule has 1 aromatic heterocycles. The summed E-state index contributed by atoms with van der Waals surface area (Å²) in [5.74, 6) is 0.323. The second-order valence-electron chi connectivity index (χ2n) is 4.75. The fraction of sp³-hybridized carbons (Fsp3) is 0. The zero-order valence-electron chi connectivity index (χ0n) is 11.9. The number of aromatic nitrogens is 1. The van der Waals surface area contributed by atoms with Gasteiger partial charge in [-0.15, -0.1) is 0 Å². The van der Waals surface area contributed by atoms with E-state index in [0.29, 0.717) is 22.6 Å². The predicted octanol–water partition coefficient (Wildman–Crippen LogP) is 4.48. The average Bonchev–Trinajstić information content (AvgIpc) is 2.97. The molecule has 8 nitrogen and oxygen atoms in total. The highest BCUT2D eigenvalue weighted by Crippen LogP contribution is 2.35. The summed E-state index contributed by atoms with van der Waals surface area (Å²) in [6.07, 6.45) is 0. The number of nitro benzene ring substituents is 2. The van der Waals surface area contributed by atoms with Gasteiger partial charge in [-0.3, -0.25) is 20.2 Å². The van der Waals surface area contributed by atoms with Crippen LogP contribution in [0.25, 0.3) is 22.6 Å². The van der Waals surface area contributed by atoms with Crippen LogP contribution in [-0.4, -0.2) is 14.8 Å². The Labute approximate surface area is 139 Å². The van der Waals surface area contributed by atoms with Gasteiger partial charge in [0.25, 0.3) is 16.7 Å². The van der Waals surface area contributed by atoms with Crippen molar-refractivity contribution in [3.63, 3.8) is 0 Å². The zero-order chi connectivity index (χ0) is 17.3. The van der Waals surface area contributed by atoms with Crippen LogP contribution in [0.15, 0.2) is 52.9 Å². The molecule has 2 aromatic carbocycles. The van der Waals surface area contributed by atoms with Crippen molar-refractivity contribution in [2.24, 2.45) is 0 Å². The molecule has 3 aromatic rings. The fourth-order valence-electron chi connectivity index (χ4n) is 2.16. The number of oxazole rings is 1. The maximum atomic E-state index is 10.7. The van der Waals surface area contributed by atoms with Crippen molar-refractivity contribution < 1.29 is 14.3 Å². The summed E-state index contributed by atoms with van der Waals surface area (Å²) >= 11 is 5.83. The summed E-state index contributed by atoms with van der Waals surface area (Å²) in [6, 6.07) is 11.5. The van der Waals surface area contributed by atoms with Gasteiger partial charge >= 0.3 is 0 Å². The first-order valence-electron chi connectivity index (χ1n) is 6.61. The standard InChI is InChI=1S/C15H8ClN3O5/c16-15-17-13(9-1-5-11(6-2-9)18(20)21)14(24-15)10-3-7-12(8-4-10)19(22)23/h1-8H. The highest BCUT2D eigenvalue weighted by Gasteiger charge is 2.18. The number of rotatable bonds is 4. The number of hydrogen-bond acceptors (Lipinski definition) is 6. The average molecular weight is 346 g/mol. The minimum Gasteiger partial charge on any atom is -0.427 e. The van der Waals surface area contributed by atoms with Gasteiger partial charge in [-0.2, -0.15) is 4.98 Å². The van der Waals surface area contributed by atoms with E-state index in [1.807, 2.05) is 0 Å². The molecule has 120 valence electrons. The molecule has 9 heteroatoms. The van der Waals surface area contributed by atoms with E-state index in [4.69, 9.17) is 16.0 Å². The van der Waals surface area contributed by atoms with Gasteiger partial charge in [0, 0.05) is 35.4 Å². The Morgan fingerprint density at radius 2 is 1.29 bits per heavy atom. The summed E-state index contributed by atoms with van der Waals surface area (Å²) in [5.41, 5.74) is 1.41. The van der Waals surface area contributed by atoms with Crippen LogP contribution >= 0.6 is 11.6 Å². The number of nitro groups is 2. The number of nitrogens with zero attached hydrogens (tertiary/aromatic N) is 3. The lowest BCUT2D eigenvalue weighted by Gasteiger charge is -2.01. The molecule has 0 bridgehead atoms. The van der Waals surface area contributed by atoms with Gasteiger partial charge in [0.2, 0.25) is 0 Å². The van der Waals surface area contributed by atoms with Crippen LogP contribution in [0.2, 0.25) is 5.35 Å². The summed E-state index contributed by atoms with van der Waals surface area (Å²) in [6.45, 7) is 0. The van der Waals surface area contributed by atoms with Gasteiger partial charge in [0.05, 0.1) is 9.85 Å². The molecular weight excluding hydrogens is 338 g/mol. The molecule has 0 aliphatic heterocycles. The molecule has 0 spiro atoms. The first kappa shape index (κ1) is 15.6. The molecule has 0 amide bonds. The van der Waals surface area contributed by atoms with Gasteiger partial charge in [-0.1, -0.05) is 0 Å². The minimum atomic E-state index is -0.506. The van der Waals surface area contributed by atoms with Gasteiger partial charge in [-0.05, 0) is 35.9 Å². The molecule has 0 saturated carbocycles. The van der Waals surface area contributed by atoms with Crippen LogP contribution < -0.4 is 0 Å². The summed E-state index contributed by atoms with van der Waals surface area (Å²) < 4.78 is 5.38. The Kier molecular flexibility index (Phi) is 3.97. The molecule has 0 fully saturated rings. The first-order chi connectivity index (χ1) is 11.5. The third-order valence-electron chi connectivity index (χ3n) is 3.29. The fourth-order valence-corrected chi connectivity index (χ4v) is 2.32. The first-order valence-corrected chi connectivity index (χ1v) is 6.99. The maximum Gasteiger partial charge on any atom is 0.293 e. The Hall–Kier alpha value is -3.26. The predicted molar refractivity (Wildman–Crippen MR) is 85.7 cm³/mol. The largest absolute Gasteiger partial charge is 0.427 e. The van der Waals surface area contributed by atoms with E-state index in [1.54, 1.807) is 0 Å². The molecule has 24 heavy (non-hydrogen) atoms. The van der Waals surface area contributed by atoms with E-state index in [1.165, 1.54) is 48.5 Å². The molecule has 1 heterocycles. The molecule has 0 unspecified atom stereocenters. The highest BCUT2D eigenvalue weighted by atomic mass is 35.5. The maximum absolute atomic E-state index is 10.7. The van der Waals surface area contributed by atoms with Crippen molar-refractivity contribution in [1.82, 2.24) is 4.98 Å². The third-order valence-corrected chi connectivity index (χ3v) is 3.45. The minimum absolute atomic E-state index is 0.0507. The molecule has 0 radical (unpaired) electrons. The van der Waals surface area contributed by atoms with Gasteiger partial charge in [0.1, 0.15) is 5.69 Å². The van der Waals surface area contributed by atoms with Crippen molar-refractivity contribution in [3.8, 4) is 22.6 Å². The third kappa shape index (κ3) is 2.95. The number of non-ortho nitro benzene ring substituents is 2. The summed E-state index contributed by atoms with van der Waals surface area (Å²) in [4.78, 5) is 24.5. The van der Waals surface area contributed by atoms with Crippen LogP contribution in [0.3, 0.4) is 0 Å². The van der Waals surface area contributed by atoms with Crippen LogP contribution in [0.1, 0.15) is 0 Å². The van der Waals surface area contributed by atoms with E-state index >= 15 is 0 Å². The van der Waals surface area contributed by atoms with Crippen molar-refractivity contribution in [3.05, 3.63) is 74.1 Å². The molecule has 0 atom stereocenters. The van der Waals surface area contributed by atoms with E-state index in [9.17, 15) is 20.2 Å². The second kappa shape index (κ2) is 6.09. The monoisotopic (exact) mass is 345 g/mol. The number of benzene rings is 2. The van der Waals surface area contributed by atoms with E-state index in [0.717, 1.165) is 0 Å². The van der Waals surface area contributed by atoms with Crippen LogP contribution in [-0.2, 0) is 0 Å². The van der Waals surface area contributed by atoms with Crippen LogP contribution in [0, 0.1) is 20.2 Å². The lowest BCUT2D eigenvalue weighted by atomic mass is 10.1. The Balaban J connectivity index is 2.04. The summed E-state index contributed by atoms with van der Waals surface area (Å²) in [7, 11) is 0. The molecule has 0 saturated heterocycles. The van der Waals surface area contributed by atoms with Crippen molar-refractivity contribution in [1.29, 1.82) is 0 Å². The Morgan fingerprint density at radius 3 is 1.75 bits per heavy atom. The SMILES string of the molecule is O=[N+]([O-])c1ccc(-c2nc(Cl)oc2-c2ccc([N+](=O)[O-])cc2)cc1. The summed E-state index contributed by atoms with van der Waals surface area (Å²) in [5, 5.41) is 21.3. The highest BCUT2D eigenvalue weighted by molar-refractivity contribution is 6.28. The number of halogens is 1. The Morgan fingerprint density at radius 1 is 0.833 bits per heavy atom. The van der Waals surface area contributed by atoms with Gasteiger partial charge < -0.3 is 4.42 Å². The molecular formula is C15H8ClN3O5.